The SMILES string of the molecule is Cc1ccccc1C=CCCNC(=O)OC(C)(C)C. The molecule has 0 radical (unpaired) electrons. The summed E-state index contributed by atoms with van der Waals surface area (Å²) in [7, 11) is 0. The molecule has 0 aromatic heterocycles. The van der Waals surface area contributed by atoms with Crippen molar-refractivity contribution in [2.45, 2.75) is 39.7 Å². The molecule has 0 unspecified atom stereocenters. The topological polar surface area (TPSA) is 38.3 Å². The van der Waals surface area contributed by atoms with Gasteiger partial charge in [0.15, 0.2) is 0 Å². The molecule has 3 nitrogen and oxygen atoms in total. The van der Waals surface area contributed by atoms with Gasteiger partial charge in [-0.1, -0.05) is 36.4 Å². The van der Waals surface area contributed by atoms with E-state index in [2.05, 4.69) is 36.5 Å². The molecule has 1 aromatic carbocycles. The second-order valence-electron chi connectivity index (χ2n) is 5.48. The van der Waals surface area contributed by atoms with Gasteiger partial charge >= 0.3 is 6.09 Å². The van der Waals surface area contributed by atoms with E-state index in [1.54, 1.807) is 0 Å². The fourth-order valence-electron chi connectivity index (χ4n) is 1.56. The number of benzene rings is 1. The number of ether oxygens (including phenoxy) is 1. The van der Waals surface area contributed by atoms with Crippen LogP contribution in [0.3, 0.4) is 0 Å². The Balaban J connectivity index is 2.28. The number of hydrogen-bond acceptors (Lipinski definition) is 2. The first-order chi connectivity index (χ1) is 8.88. The number of aryl methyl sites for hydroxylation is 1. The Morgan fingerprint density at radius 1 is 1.32 bits per heavy atom. The lowest BCUT2D eigenvalue weighted by molar-refractivity contribution is 0.0529. The highest BCUT2D eigenvalue weighted by Gasteiger charge is 2.14. The highest BCUT2D eigenvalue weighted by molar-refractivity contribution is 5.67. The van der Waals surface area contributed by atoms with Crippen molar-refractivity contribution >= 4 is 12.2 Å². The number of carbonyl (C=O) groups is 1. The molecule has 0 heterocycles. The maximum absolute atomic E-state index is 11.4. The first-order valence-electron chi connectivity index (χ1n) is 6.57. The van der Waals surface area contributed by atoms with Gasteiger partial charge in [-0.05, 0) is 45.2 Å². The van der Waals surface area contributed by atoms with Gasteiger partial charge < -0.3 is 10.1 Å². The summed E-state index contributed by atoms with van der Waals surface area (Å²) in [6, 6.07) is 8.20. The lowest BCUT2D eigenvalue weighted by Crippen LogP contribution is -2.32. The molecular formula is C16H23NO2. The monoisotopic (exact) mass is 261 g/mol. The number of amides is 1. The van der Waals surface area contributed by atoms with Crippen LogP contribution in [0.25, 0.3) is 6.08 Å². The molecule has 1 N–H and O–H groups in total. The molecule has 0 saturated carbocycles. The Morgan fingerprint density at radius 3 is 2.63 bits per heavy atom. The van der Waals surface area contributed by atoms with Crippen LogP contribution in [0.15, 0.2) is 30.3 Å². The van der Waals surface area contributed by atoms with Crippen molar-refractivity contribution in [3.8, 4) is 0 Å². The van der Waals surface area contributed by atoms with Crippen molar-refractivity contribution in [3.05, 3.63) is 41.5 Å². The van der Waals surface area contributed by atoms with Crippen LogP contribution < -0.4 is 5.32 Å². The number of rotatable bonds is 4. The van der Waals surface area contributed by atoms with Gasteiger partial charge in [-0.2, -0.15) is 0 Å². The summed E-state index contributed by atoms with van der Waals surface area (Å²) in [6.07, 6.45) is 4.55. The van der Waals surface area contributed by atoms with Crippen LogP contribution in [0, 0.1) is 6.92 Å². The second-order valence-corrected chi connectivity index (χ2v) is 5.48. The molecule has 3 heteroatoms. The molecule has 104 valence electrons. The minimum atomic E-state index is -0.443. The van der Waals surface area contributed by atoms with Crippen LogP contribution in [-0.4, -0.2) is 18.2 Å². The molecular weight excluding hydrogens is 238 g/mol. The van der Waals surface area contributed by atoms with Crippen LogP contribution in [0.4, 0.5) is 4.79 Å². The minimum absolute atomic E-state index is 0.364. The van der Waals surface area contributed by atoms with Gasteiger partial charge in [-0.15, -0.1) is 0 Å². The van der Waals surface area contributed by atoms with Crippen molar-refractivity contribution in [1.82, 2.24) is 5.32 Å². The summed E-state index contributed by atoms with van der Waals surface area (Å²) in [5, 5.41) is 2.73. The first-order valence-corrected chi connectivity index (χ1v) is 6.57. The van der Waals surface area contributed by atoms with E-state index < -0.39 is 5.60 Å². The smallest absolute Gasteiger partial charge is 0.407 e. The van der Waals surface area contributed by atoms with Gasteiger partial charge in [0.2, 0.25) is 0 Å². The van der Waals surface area contributed by atoms with E-state index >= 15 is 0 Å². The fraction of sp³-hybridized carbons (Fsp3) is 0.438. The van der Waals surface area contributed by atoms with E-state index in [1.807, 2.05) is 32.9 Å². The summed E-state index contributed by atoms with van der Waals surface area (Å²) in [5.74, 6) is 0. The zero-order valence-corrected chi connectivity index (χ0v) is 12.2. The summed E-state index contributed by atoms with van der Waals surface area (Å²) >= 11 is 0. The molecule has 0 spiro atoms. The van der Waals surface area contributed by atoms with Crippen molar-refractivity contribution in [2.24, 2.45) is 0 Å². The van der Waals surface area contributed by atoms with E-state index in [-0.39, 0.29) is 6.09 Å². The first kappa shape index (κ1) is 15.3. The molecule has 0 fully saturated rings. The van der Waals surface area contributed by atoms with E-state index in [0.29, 0.717) is 6.54 Å². The Morgan fingerprint density at radius 2 is 2.00 bits per heavy atom. The van der Waals surface area contributed by atoms with Crippen molar-refractivity contribution in [3.63, 3.8) is 0 Å². The van der Waals surface area contributed by atoms with E-state index in [1.165, 1.54) is 11.1 Å². The fourth-order valence-corrected chi connectivity index (χ4v) is 1.56. The molecule has 0 aliphatic heterocycles. The Kier molecular flexibility index (Phi) is 5.61. The number of hydrogen-bond donors (Lipinski definition) is 1. The zero-order valence-electron chi connectivity index (χ0n) is 12.2. The Hall–Kier alpha value is -1.77. The normalized spacial score (nSPS) is 11.6. The molecule has 0 aliphatic rings. The van der Waals surface area contributed by atoms with E-state index in [4.69, 9.17) is 4.74 Å². The summed E-state index contributed by atoms with van der Waals surface area (Å²) in [4.78, 5) is 11.4. The van der Waals surface area contributed by atoms with Crippen LogP contribution in [0.5, 0.6) is 0 Å². The van der Waals surface area contributed by atoms with Gasteiger partial charge in [0.25, 0.3) is 0 Å². The van der Waals surface area contributed by atoms with Crippen molar-refractivity contribution < 1.29 is 9.53 Å². The molecule has 1 rings (SSSR count). The molecule has 0 atom stereocenters. The molecule has 0 aliphatic carbocycles. The van der Waals surface area contributed by atoms with Gasteiger partial charge in [0.1, 0.15) is 5.60 Å². The summed E-state index contributed by atoms with van der Waals surface area (Å²) in [6.45, 7) is 8.22. The molecule has 0 bridgehead atoms. The lowest BCUT2D eigenvalue weighted by atomic mass is 10.1. The zero-order chi connectivity index (χ0) is 14.3. The molecule has 0 saturated heterocycles. The summed E-state index contributed by atoms with van der Waals surface area (Å²) in [5.41, 5.74) is 2.01. The van der Waals surface area contributed by atoms with Crippen LogP contribution in [-0.2, 0) is 4.74 Å². The van der Waals surface area contributed by atoms with E-state index in [9.17, 15) is 4.79 Å². The molecule has 19 heavy (non-hydrogen) atoms. The average Bonchev–Trinajstić information content (AvgIpc) is 2.28. The van der Waals surface area contributed by atoms with Gasteiger partial charge in [-0.3, -0.25) is 0 Å². The van der Waals surface area contributed by atoms with Gasteiger partial charge in [-0.25, -0.2) is 4.79 Å². The number of nitrogens with one attached hydrogen (secondary N) is 1. The number of carbonyl (C=O) groups excluding carboxylic acids is 1. The predicted octanol–water partition coefficient (Wildman–Crippen LogP) is 3.92. The van der Waals surface area contributed by atoms with E-state index in [0.717, 1.165) is 6.42 Å². The maximum Gasteiger partial charge on any atom is 0.407 e. The van der Waals surface area contributed by atoms with Gasteiger partial charge in [0, 0.05) is 6.54 Å². The Bertz CT molecular complexity index is 444. The predicted molar refractivity (Wildman–Crippen MR) is 79.1 cm³/mol. The second kappa shape index (κ2) is 6.98. The minimum Gasteiger partial charge on any atom is -0.444 e. The number of alkyl carbamates (subject to hydrolysis) is 1. The third-order valence-corrected chi connectivity index (χ3v) is 2.47. The average molecular weight is 261 g/mol. The third-order valence-electron chi connectivity index (χ3n) is 2.47. The summed E-state index contributed by atoms with van der Waals surface area (Å²) < 4.78 is 5.15. The molecule has 1 amide bonds. The van der Waals surface area contributed by atoms with Crippen LogP contribution in [0.2, 0.25) is 0 Å². The van der Waals surface area contributed by atoms with Crippen molar-refractivity contribution in [1.29, 1.82) is 0 Å². The van der Waals surface area contributed by atoms with Crippen molar-refractivity contribution in [2.75, 3.05) is 6.54 Å². The largest absolute Gasteiger partial charge is 0.444 e. The molecule has 1 aromatic rings. The third kappa shape index (κ3) is 6.65. The van der Waals surface area contributed by atoms with Gasteiger partial charge in [0.05, 0.1) is 0 Å². The quantitative estimate of drug-likeness (QED) is 0.834. The van der Waals surface area contributed by atoms with Crippen LogP contribution >= 0.6 is 0 Å². The van der Waals surface area contributed by atoms with Crippen LogP contribution in [0.1, 0.15) is 38.3 Å². The highest BCUT2D eigenvalue weighted by Crippen LogP contribution is 2.09. The standard InChI is InChI=1S/C16H23NO2/c1-13-9-5-6-10-14(13)11-7-8-12-17-15(18)19-16(2,3)4/h5-7,9-11H,8,12H2,1-4H3,(H,17,18). The Labute approximate surface area is 115 Å². The lowest BCUT2D eigenvalue weighted by Gasteiger charge is -2.19. The highest BCUT2D eigenvalue weighted by atomic mass is 16.6. The maximum atomic E-state index is 11.4.